The summed E-state index contributed by atoms with van der Waals surface area (Å²) in [6.45, 7) is 1.37. The van der Waals surface area contributed by atoms with Crippen LogP contribution in [0, 0.1) is 0 Å². The number of morpholine rings is 1. The van der Waals surface area contributed by atoms with Gasteiger partial charge in [-0.1, -0.05) is 0 Å². The van der Waals surface area contributed by atoms with Crippen LogP contribution in [0.3, 0.4) is 0 Å². The standard InChI is InChI=1S/C15H16F3NO4/c16-15(17,18)11-9-10(13(20)3-4-14(21)22)1-2-12(11)19-5-7-23-8-6-19/h1-2,9H,3-8H2,(H,21,22). The number of aliphatic carboxylic acids is 1. The quantitative estimate of drug-likeness (QED) is 0.840. The van der Waals surface area contributed by atoms with E-state index in [2.05, 4.69) is 0 Å². The number of carboxylic acids is 1. The van der Waals surface area contributed by atoms with E-state index in [-0.39, 0.29) is 17.7 Å². The highest BCUT2D eigenvalue weighted by molar-refractivity contribution is 5.98. The molecule has 0 aliphatic carbocycles. The van der Waals surface area contributed by atoms with Crippen LogP contribution in [0.25, 0.3) is 0 Å². The summed E-state index contributed by atoms with van der Waals surface area (Å²) in [6.07, 6.45) is -5.34. The summed E-state index contributed by atoms with van der Waals surface area (Å²) in [7, 11) is 0. The summed E-state index contributed by atoms with van der Waals surface area (Å²) in [6, 6.07) is 3.38. The molecule has 5 nitrogen and oxygen atoms in total. The summed E-state index contributed by atoms with van der Waals surface area (Å²) in [5.74, 6) is -1.79. The Kier molecular flexibility index (Phi) is 5.25. The summed E-state index contributed by atoms with van der Waals surface area (Å²) >= 11 is 0. The zero-order valence-corrected chi connectivity index (χ0v) is 12.2. The second-order valence-corrected chi connectivity index (χ2v) is 5.15. The number of rotatable bonds is 5. The molecule has 126 valence electrons. The first-order valence-corrected chi connectivity index (χ1v) is 7.08. The van der Waals surface area contributed by atoms with Crippen molar-refractivity contribution in [1.29, 1.82) is 0 Å². The molecule has 0 radical (unpaired) electrons. The third kappa shape index (κ3) is 4.44. The number of benzene rings is 1. The van der Waals surface area contributed by atoms with E-state index in [1.807, 2.05) is 0 Å². The zero-order valence-electron chi connectivity index (χ0n) is 12.2. The molecule has 1 fully saturated rings. The molecular weight excluding hydrogens is 315 g/mol. The fraction of sp³-hybridized carbons (Fsp3) is 0.467. The predicted octanol–water partition coefficient (Wildman–Crippen LogP) is 2.59. The molecule has 1 heterocycles. The number of carbonyl (C=O) groups is 2. The number of hydrogen-bond donors (Lipinski definition) is 1. The number of carboxylic acid groups (broad SMARTS) is 1. The molecule has 1 N–H and O–H groups in total. The second-order valence-electron chi connectivity index (χ2n) is 5.15. The van der Waals surface area contributed by atoms with Crippen molar-refractivity contribution in [3.8, 4) is 0 Å². The van der Waals surface area contributed by atoms with Crippen LogP contribution in [-0.4, -0.2) is 43.2 Å². The number of ether oxygens (including phenoxy) is 1. The molecule has 0 atom stereocenters. The van der Waals surface area contributed by atoms with Crippen LogP contribution in [0.15, 0.2) is 18.2 Å². The lowest BCUT2D eigenvalue weighted by Crippen LogP contribution is -2.37. The Morgan fingerprint density at radius 3 is 2.39 bits per heavy atom. The van der Waals surface area contributed by atoms with Gasteiger partial charge in [0.25, 0.3) is 0 Å². The van der Waals surface area contributed by atoms with E-state index < -0.39 is 29.9 Å². The van der Waals surface area contributed by atoms with Crippen LogP contribution in [-0.2, 0) is 15.7 Å². The van der Waals surface area contributed by atoms with Gasteiger partial charge < -0.3 is 14.7 Å². The summed E-state index contributed by atoms with van der Waals surface area (Å²) < 4.78 is 45.0. The number of nitrogens with zero attached hydrogens (tertiary/aromatic N) is 1. The fourth-order valence-corrected chi connectivity index (χ4v) is 2.38. The van der Waals surface area contributed by atoms with Gasteiger partial charge in [-0.3, -0.25) is 9.59 Å². The van der Waals surface area contributed by atoms with Gasteiger partial charge in [0.1, 0.15) is 0 Å². The highest BCUT2D eigenvalue weighted by Crippen LogP contribution is 2.37. The van der Waals surface area contributed by atoms with Crippen molar-refractivity contribution in [2.24, 2.45) is 0 Å². The van der Waals surface area contributed by atoms with Gasteiger partial charge in [-0.25, -0.2) is 0 Å². The minimum absolute atomic E-state index is 0.00980. The van der Waals surface area contributed by atoms with Crippen LogP contribution >= 0.6 is 0 Å². The first-order chi connectivity index (χ1) is 10.8. The maximum Gasteiger partial charge on any atom is 0.418 e. The van der Waals surface area contributed by atoms with Gasteiger partial charge in [-0.15, -0.1) is 0 Å². The van der Waals surface area contributed by atoms with E-state index >= 15 is 0 Å². The predicted molar refractivity (Wildman–Crippen MR) is 75.7 cm³/mol. The number of alkyl halides is 3. The first kappa shape index (κ1) is 17.3. The molecule has 0 unspecified atom stereocenters. The van der Waals surface area contributed by atoms with Crippen molar-refractivity contribution in [1.82, 2.24) is 0 Å². The lowest BCUT2D eigenvalue weighted by Gasteiger charge is -2.31. The molecule has 2 rings (SSSR count). The Labute approximate surface area is 130 Å². The molecule has 23 heavy (non-hydrogen) atoms. The molecule has 1 aliphatic rings. The minimum Gasteiger partial charge on any atom is -0.481 e. The van der Waals surface area contributed by atoms with E-state index in [1.165, 1.54) is 12.1 Å². The lowest BCUT2D eigenvalue weighted by molar-refractivity contribution is -0.138. The number of halogens is 3. The molecule has 1 saturated heterocycles. The normalized spacial score (nSPS) is 15.5. The van der Waals surface area contributed by atoms with E-state index in [1.54, 1.807) is 4.90 Å². The number of ketones is 1. The molecule has 8 heteroatoms. The van der Waals surface area contributed by atoms with E-state index in [0.29, 0.717) is 26.3 Å². The summed E-state index contributed by atoms with van der Waals surface area (Å²) in [5, 5.41) is 8.56. The van der Waals surface area contributed by atoms with E-state index in [9.17, 15) is 22.8 Å². The van der Waals surface area contributed by atoms with Gasteiger partial charge in [0.05, 0.1) is 25.2 Å². The average Bonchev–Trinajstić information content (AvgIpc) is 2.52. The molecule has 1 aromatic carbocycles. The smallest absolute Gasteiger partial charge is 0.418 e. The van der Waals surface area contributed by atoms with Crippen molar-refractivity contribution in [3.63, 3.8) is 0 Å². The van der Waals surface area contributed by atoms with Gasteiger partial charge in [-0.05, 0) is 18.2 Å². The van der Waals surface area contributed by atoms with Gasteiger partial charge in [-0.2, -0.15) is 13.2 Å². The van der Waals surface area contributed by atoms with Gasteiger partial charge in [0, 0.05) is 30.8 Å². The molecular formula is C15H16F3NO4. The van der Waals surface area contributed by atoms with Crippen molar-refractivity contribution < 1.29 is 32.6 Å². The molecule has 0 saturated carbocycles. The summed E-state index contributed by atoms with van der Waals surface area (Å²) in [4.78, 5) is 23.9. The van der Waals surface area contributed by atoms with Crippen molar-refractivity contribution in [2.45, 2.75) is 19.0 Å². The van der Waals surface area contributed by atoms with Crippen LogP contribution in [0.4, 0.5) is 18.9 Å². The maximum absolute atomic E-state index is 13.3. The molecule has 1 aromatic rings. The number of hydrogen-bond acceptors (Lipinski definition) is 4. The fourth-order valence-electron chi connectivity index (χ4n) is 2.38. The summed E-state index contributed by atoms with van der Waals surface area (Å²) in [5.41, 5.74) is -1.01. The monoisotopic (exact) mass is 331 g/mol. The van der Waals surface area contributed by atoms with Gasteiger partial charge in [0.15, 0.2) is 5.78 Å². The van der Waals surface area contributed by atoms with Crippen molar-refractivity contribution in [3.05, 3.63) is 29.3 Å². The maximum atomic E-state index is 13.3. The Morgan fingerprint density at radius 1 is 1.17 bits per heavy atom. The SMILES string of the molecule is O=C(O)CCC(=O)c1ccc(N2CCOCC2)c(C(F)(F)F)c1. The largest absolute Gasteiger partial charge is 0.481 e. The molecule has 0 spiro atoms. The Morgan fingerprint density at radius 2 is 1.83 bits per heavy atom. The number of Topliss-reactive ketones (excluding diaryl/α,β-unsaturated/α-hetero) is 1. The second kappa shape index (κ2) is 6.99. The van der Waals surface area contributed by atoms with Crippen LogP contribution in [0.1, 0.15) is 28.8 Å². The van der Waals surface area contributed by atoms with E-state index in [4.69, 9.17) is 9.84 Å². The topological polar surface area (TPSA) is 66.8 Å². The van der Waals surface area contributed by atoms with Crippen LogP contribution in [0.5, 0.6) is 0 Å². The highest BCUT2D eigenvalue weighted by atomic mass is 19.4. The third-order valence-corrected chi connectivity index (χ3v) is 3.54. The van der Waals surface area contributed by atoms with Crippen molar-refractivity contribution >= 4 is 17.4 Å². The molecule has 0 bridgehead atoms. The number of anilines is 1. The Balaban J connectivity index is 2.30. The minimum atomic E-state index is -4.60. The number of carbonyl (C=O) groups excluding carboxylic acids is 1. The molecule has 0 amide bonds. The van der Waals surface area contributed by atoms with Crippen LogP contribution < -0.4 is 4.90 Å². The van der Waals surface area contributed by atoms with E-state index in [0.717, 1.165) is 6.07 Å². The van der Waals surface area contributed by atoms with Crippen molar-refractivity contribution in [2.75, 3.05) is 31.2 Å². The van der Waals surface area contributed by atoms with Gasteiger partial charge in [0.2, 0.25) is 0 Å². The zero-order chi connectivity index (χ0) is 17.0. The van der Waals surface area contributed by atoms with Crippen LogP contribution in [0.2, 0.25) is 0 Å². The molecule has 1 aliphatic heterocycles. The lowest BCUT2D eigenvalue weighted by atomic mass is 10.0. The molecule has 0 aromatic heterocycles. The van der Waals surface area contributed by atoms with Gasteiger partial charge >= 0.3 is 12.1 Å². The average molecular weight is 331 g/mol. The highest BCUT2D eigenvalue weighted by Gasteiger charge is 2.36. The third-order valence-electron chi connectivity index (χ3n) is 3.54. The Bertz CT molecular complexity index is 595. The Hall–Kier alpha value is -2.09. The first-order valence-electron chi connectivity index (χ1n) is 7.08.